The first-order chi connectivity index (χ1) is 15.5. The van der Waals surface area contributed by atoms with E-state index in [0.717, 1.165) is 16.7 Å². The summed E-state index contributed by atoms with van der Waals surface area (Å²) in [5.41, 5.74) is 3.42. The minimum Gasteiger partial charge on any atom is -0.484 e. The van der Waals surface area contributed by atoms with Crippen molar-refractivity contribution in [3.8, 4) is 17.2 Å². The second kappa shape index (κ2) is 9.43. The Bertz CT molecular complexity index is 1210. The molecule has 1 heterocycles. The molecule has 1 atom stereocenters. The molecule has 4 rings (SSSR count). The molecule has 0 aliphatic carbocycles. The van der Waals surface area contributed by atoms with E-state index >= 15 is 0 Å². The molecule has 0 unspecified atom stereocenters. The van der Waals surface area contributed by atoms with Gasteiger partial charge < -0.3 is 14.5 Å². The average molecular weight is 431 g/mol. The number of carbonyl (C=O) groups excluding carboxylic acids is 1. The Labute approximate surface area is 185 Å². The largest absolute Gasteiger partial charge is 0.484 e. The summed E-state index contributed by atoms with van der Waals surface area (Å²) in [5.74, 6) is 0.392. The zero-order chi connectivity index (χ0) is 22.5. The second-order valence-electron chi connectivity index (χ2n) is 7.42. The molecular formula is C25H22FN3O3. The third-order valence-corrected chi connectivity index (χ3v) is 4.91. The predicted molar refractivity (Wildman–Crippen MR) is 118 cm³/mol. The Balaban J connectivity index is 1.54. The summed E-state index contributed by atoms with van der Waals surface area (Å²) in [6.07, 6.45) is 0. The molecule has 3 aromatic carbocycles. The van der Waals surface area contributed by atoms with Crippen LogP contribution in [0.1, 0.15) is 28.6 Å². The van der Waals surface area contributed by atoms with Crippen LogP contribution < -0.4 is 10.1 Å². The lowest BCUT2D eigenvalue weighted by molar-refractivity contribution is -0.123. The van der Waals surface area contributed by atoms with Gasteiger partial charge in [0, 0.05) is 5.56 Å². The highest BCUT2D eigenvalue weighted by Crippen LogP contribution is 2.25. The van der Waals surface area contributed by atoms with Gasteiger partial charge >= 0.3 is 0 Å². The fourth-order valence-electron chi connectivity index (χ4n) is 3.30. The molecule has 162 valence electrons. The first-order valence-electron chi connectivity index (χ1n) is 10.1. The molecule has 6 nitrogen and oxygen atoms in total. The quantitative estimate of drug-likeness (QED) is 0.456. The topological polar surface area (TPSA) is 77.2 Å². The number of rotatable bonds is 7. The van der Waals surface area contributed by atoms with Crippen molar-refractivity contribution < 1.29 is 18.3 Å². The zero-order valence-corrected chi connectivity index (χ0v) is 17.7. The maximum absolute atomic E-state index is 13.5. The van der Waals surface area contributed by atoms with Crippen molar-refractivity contribution in [2.75, 3.05) is 6.61 Å². The van der Waals surface area contributed by atoms with E-state index in [1.54, 1.807) is 12.1 Å². The summed E-state index contributed by atoms with van der Waals surface area (Å²) in [4.78, 5) is 12.7. The number of aromatic nitrogens is 2. The van der Waals surface area contributed by atoms with Crippen molar-refractivity contribution in [1.29, 1.82) is 0 Å². The first kappa shape index (κ1) is 21.2. The van der Waals surface area contributed by atoms with Crippen LogP contribution in [0, 0.1) is 19.7 Å². The third kappa shape index (κ3) is 5.00. The lowest BCUT2D eigenvalue weighted by Crippen LogP contribution is -2.33. The molecule has 0 fully saturated rings. The number of hydrogen-bond acceptors (Lipinski definition) is 5. The van der Waals surface area contributed by atoms with E-state index in [2.05, 4.69) is 15.5 Å². The van der Waals surface area contributed by atoms with E-state index in [-0.39, 0.29) is 24.2 Å². The molecule has 0 spiro atoms. The van der Waals surface area contributed by atoms with Crippen molar-refractivity contribution in [2.24, 2.45) is 0 Å². The van der Waals surface area contributed by atoms with Crippen LogP contribution in [0.3, 0.4) is 0 Å². The molecule has 0 aliphatic heterocycles. The Kier molecular flexibility index (Phi) is 6.26. The first-order valence-corrected chi connectivity index (χ1v) is 10.1. The Morgan fingerprint density at radius 1 is 1.03 bits per heavy atom. The number of hydrogen-bond donors (Lipinski definition) is 1. The van der Waals surface area contributed by atoms with E-state index in [1.807, 2.05) is 62.4 Å². The normalized spacial score (nSPS) is 11.7. The van der Waals surface area contributed by atoms with Crippen LogP contribution in [0.5, 0.6) is 5.75 Å². The molecule has 0 saturated carbocycles. The predicted octanol–water partition coefficient (Wildman–Crippen LogP) is 4.78. The third-order valence-electron chi connectivity index (χ3n) is 4.91. The average Bonchev–Trinajstić information content (AvgIpc) is 3.28. The fourth-order valence-corrected chi connectivity index (χ4v) is 3.30. The Morgan fingerprint density at radius 2 is 1.78 bits per heavy atom. The van der Waals surface area contributed by atoms with Gasteiger partial charge in [0.25, 0.3) is 5.91 Å². The maximum Gasteiger partial charge on any atom is 0.258 e. The van der Waals surface area contributed by atoms with Crippen LogP contribution in [0.2, 0.25) is 0 Å². The van der Waals surface area contributed by atoms with Crippen LogP contribution >= 0.6 is 0 Å². The van der Waals surface area contributed by atoms with Gasteiger partial charge in [0.1, 0.15) is 17.6 Å². The Morgan fingerprint density at radius 3 is 2.50 bits per heavy atom. The van der Waals surface area contributed by atoms with Gasteiger partial charge in [-0.1, -0.05) is 48.0 Å². The number of aryl methyl sites for hydroxylation is 2. The molecule has 1 amide bonds. The smallest absolute Gasteiger partial charge is 0.258 e. The van der Waals surface area contributed by atoms with Gasteiger partial charge in [0.15, 0.2) is 6.61 Å². The summed E-state index contributed by atoms with van der Waals surface area (Å²) in [6, 6.07) is 20.1. The summed E-state index contributed by atoms with van der Waals surface area (Å²) < 4.78 is 25.0. The standard InChI is InChI=1S/C25H22FN3O3/c1-16-8-13-21(17(2)14-16)31-15-22(30)27-23(18-9-11-20(26)12-10-18)25-29-28-24(32-25)19-6-4-3-5-7-19/h3-14,23H,15H2,1-2H3,(H,27,30)/t23-/m1/s1. The summed E-state index contributed by atoms with van der Waals surface area (Å²) >= 11 is 0. The highest BCUT2D eigenvalue weighted by Gasteiger charge is 2.24. The maximum atomic E-state index is 13.5. The van der Waals surface area contributed by atoms with E-state index in [4.69, 9.17) is 9.15 Å². The van der Waals surface area contributed by atoms with Crippen LogP contribution in [0.25, 0.3) is 11.5 Å². The van der Waals surface area contributed by atoms with Crippen molar-refractivity contribution >= 4 is 5.91 Å². The van der Waals surface area contributed by atoms with Gasteiger partial charge in [-0.15, -0.1) is 10.2 Å². The van der Waals surface area contributed by atoms with Gasteiger partial charge in [-0.2, -0.15) is 0 Å². The van der Waals surface area contributed by atoms with Gasteiger partial charge in [-0.05, 0) is 55.3 Å². The number of nitrogens with one attached hydrogen (secondary N) is 1. The fraction of sp³-hybridized carbons (Fsp3) is 0.160. The molecule has 0 saturated heterocycles. The van der Waals surface area contributed by atoms with E-state index < -0.39 is 6.04 Å². The minimum absolute atomic E-state index is 0.190. The second-order valence-corrected chi connectivity index (χ2v) is 7.42. The van der Waals surface area contributed by atoms with Crippen molar-refractivity contribution in [1.82, 2.24) is 15.5 Å². The number of benzene rings is 3. The van der Waals surface area contributed by atoms with E-state index in [0.29, 0.717) is 17.2 Å². The van der Waals surface area contributed by atoms with Crippen LogP contribution in [-0.2, 0) is 4.79 Å². The van der Waals surface area contributed by atoms with Crippen LogP contribution in [0.4, 0.5) is 4.39 Å². The van der Waals surface area contributed by atoms with Crippen LogP contribution in [-0.4, -0.2) is 22.7 Å². The molecule has 7 heteroatoms. The van der Waals surface area contributed by atoms with E-state index in [9.17, 15) is 9.18 Å². The van der Waals surface area contributed by atoms with Gasteiger partial charge in [0.05, 0.1) is 0 Å². The number of halogens is 1. The number of nitrogens with zero attached hydrogens (tertiary/aromatic N) is 2. The monoisotopic (exact) mass is 431 g/mol. The molecule has 32 heavy (non-hydrogen) atoms. The highest BCUT2D eigenvalue weighted by atomic mass is 19.1. The SMILES string of the molecule is Cc1ccc(OCC(=O)N[C@H](c2ccc(F)cc2)c2nnc(-c3ccccc3)o2)c(C)c1. The molecule has 0 aliphatic rings. The molecule has 1 N–H and O–H groups in total. The Hall–Kier alpha value is -4.00. The molecular weight excluding hydrogens is 409 g/mol. The number of carbonyl (C=O) groups is 1. The minimum atomic E-state index is -0.754. The van der Waals surface area contributed by atoms with Crippen molar-refractivity contribution in [3.63, 3.8) is 0 Å². The molecule has 1 aromatic heterocycles. The van der Waals surface area contributed by atoms with Gasteiger partial charge in [-0.25, -0.2) is 4.39 Å². The van der Waals surface area contributed by atoms with Crippen molar-refractivity contribution in [3.05, 3.63) is 101 Å². The molecule has 0 bridgehead atoms. The summed E-state index contributed by atoms with van der Waals surface area (Å²) in [5, 5.41) is 11.1. The zero-order valence-electron chi connectivity index (χ0n) is 17.7. The van der Waals surface area contributed by atoms with Gasteiger partial charge in [-0.3, -0.25) is 4.79 Å². The lowest BCUT2D eigenvalue weighted by atomic mass is 10.1. The van der Waals surface area contributed by atoms with Crippen LogP contribution in [0.15, 0.2) is 77.2 Å². The molecule has 4 aromatic rings. The van der Waals surface area contributed by atoms with Gasteiger partial charge in [0.2, 0.25) is 11.8 Å². The van der Waals surface area contributed by atoms with E-state index in [1.165, 1.54) is 12.1 Å². The van der Waals surface area contributed by atoms with Crippen molar-refractivity contribution in [2.45, 2.75) is 19.9 Å². The summed E-state index contributed by atoms with van der Waals surface area (Å²) in [6.45, 7) is 3.72. The highest BCUT2D eigenvalue weighted by molar-refractivity contribution is 5.78. The lowest BCUT2D eigenvalue weighted by Gasteiger charge is -2.16. The number of ether oxygens (including phenoxy) is 1. The number of amides is 1. The molecule has 0 radical (unpaired) electrons. The summed E-state index contributed by atoms with van der Waals surface area (Å²) in [7, 11) is 0.